The maximum atomic E-state index is 4.62. The summed E-state index contributed by atoms with van der Waals surface area (Å²) < 4.78 is 1.17. The Hall–Kier alpha value is -2.05. The zero-order chi connectivity index (χ0) is 16.2. The lowest BCUT2D eigenvalue weighted by atomic mass is 10.1. The van der Waals surface area contributed by atoms with Crippen LogP contribution >= 0.6 is 11.3 Å². The lowest BCUT2D eigenvalue weighted by Crippen LogP contribution is -2.33. The fraction of sp³-hybridized carbons (Fsp3) is 0.389. The summed E-state index contributed by atoms with van der Waals surface area (Å²) in [7, 11) is 0. The topological polar surface area (TPSA) is 53.9 Å². The molecule has 1 aliphatic rings. The maximum Gasteiger partial charge on any atom is 0.223 e. The molecule has 1 fully saturated rings. The summed E-state index contributed by atoms with van der Waals surface area (Å²) in [5.74, 6) is 0.636. The van der Waals surface area contributed by atoms with Crippen molar-refractivity contribution in [2.45, 2.75) is 19.3 Å². The number of thiazole rings is 1. The monoisotopic (exact) mass is 338 g/mol. The Morgan fingerprint density at radius 2 is 2.04 bits per heavy atom. The Morgan fingerprint density at radius 3 is 2.83 bits per heavy atom. The van der Waals surface area contributed by atoms with Gasteiger partial charge in [0.2, 0.25) is 5.95 Å². The highest BCUT2D eigenvalue weighted by atomic mass is 32.1. The number of anilines is 1. The Morgan fingerprint density at radius 1 is 1.17 bits per heavy atom. The van der Waals surface area contributed by atoms with E-state index in [2.05, 4.69) is 37.4 Å². The molecule has 0 unspecified atom stereocenters. The molecule has 6 heteroatoms. The molecule has 0 aliphatic carbocycles. The largest absolute Gasteiger partial charge is 0.353 e. The molecule has 0 bridgehead atoms. The van der Waals surface area contributed by atoms with Crippen molar-refractivity contribution in [1.82, 2.24) is 19.9 Å². The summed E-state index contributed by atoms with van der Waals surface area (Å²) in [4.78, 5) is 15.8. The number of hydrogen-bond donors (Lipinski definition) is 1. The van der Waals surface area contributed by atoms with Crippen molar-refractivity contribution < 1.29 is 0 Å². The fourth-order valence-corrected chi connectivity index (χ4v) is 3.91. The predicted molar refractivity (Wildman–Crippen MR) is 98.3 cm³/mol. The van der Waals surface area contributed by atoms with Gasteiger partial charge in [0.05, 0.1) is 15.8 Å². The average molecular weight is 338 g/mol. The molecule has 1 aromatic carbocycles. The van der Waals surface area contributed by atoms with Crippen LogP contribution in [-0.4, -0.2) is 46.0 Å². The molecule has 2 aromatic heterocycles. The molecule has 0 spiro atoms. The van der Waals surface area contributed by atoms with Crippen LogP contribution in [0.4, 0.5) is 5.95 Å². The molecule has 0 amide bonds. The first-order valence-corrected chi connectivity index (χ1v) is 9.27. The van der Waals surface area contributed by atoms with Gasteiger partial charge in [-0.3, -0.25) is 0 Å². The third-order valence-corrected chi connectivity index (χ3v) is 5.35. The van der Waals surface area contributed by atoms with E-state index in [0.29, 0.717) is 5.95 Å². The van der Waals surface area contributed by atoms with Gasteiger partial charge >= 0.3 is 0 Å². The molecule has 1 radical (unpaired) electrons. The molecule has 1 aliphatic heterocycles. The van der Waals surface area contributed by atoms with Crippen LogP contribution < -0.4 is 5.32 Å². The van der Waals surface area contributed by atoms with Gasteiger partial charge in [-0.2, -0.15) is 0 Å². The van der Waals surface area contributed by atoms with Crippen LogP contribution in [0.1, 0.15) is 19.3 Å². The highest BCUT2D eigenvalue weighted by Gasteiger charge is 2.10. The van der Waals surface area contributed by atoms with E-state index in [1.807, 2.05) is 18.2 Å². The van der Waals surface area contributed by atoms with Crippen LogP contribution in [0.5, 0.6) is 0 Å². The number of nitrogens with one attached hydrogen (secondary N) is 1. The minimum Gasteiger partial charge on any atom is -0.353 e. The zero-order valence-electron chi connectivity index (χ0n) is 13.5. The predicted octanol–water partition coefficient (Wildman–Crippen LogP) is 3.45. The smallest absolute Gasteiger partial charge is 0.223 e. The van der Waals surface area contributed by atoms with Gasteiger partial charge in [0.1, 0.15) is 11.2 Å². The zero-order valence-corrected chi connectivity index (χ0v) is 14.4. The average Bonchev–Trinajstić information content (AvgIpc) is 3.07. The van der Waals surface area contributed by atoms with Crippen molar-refractivity contribution in [1.29, 1.82) is 0 Å². The maximum absolute atomic E-state index is 4.62. The third kappa shape index (κ3) is 3.55. The first kappa shape index (κ1) is 15.5. The quantitative estimate of drug-likeness (QED) is 0.772. The molecule has 0 atom stereocenters. The van der Waals surface area contributed by atoms with E-state index in [0.717, 1.165) is 29.2 Å². The summed E-state index contributed by atoms with van der Waals surface area (Å²) in [6.45, 7) is 4.34. The lowest BCUT2D eigenvalue weighted by molar-refractivity contribution is 0.237. The van der Waals surface area contributed by atoms with Crippen molar-refractivity contribution in [3.05, 3.63) is 36.7 Å². The summed E-state index contributed by atoms with van der Waals surface area (Å²) in [5, 5.41) is 4.20. The molecule has 123 valence electrons. The van der Waals surface area contributed by atoms with Gasteiger partial charge in [0.25, 0.3) is 0 Å². The van der Waals surface area contributed by atoms with Crippen molar-refractivity contribution in [2.24, 2.45) is 0 Å². The molecule has 0 saturated carbocycles. The number of nitrogens with zero attached hydrogens (tertiary/aromatic N) is 4. The van der Waals surface area contributed by atoms with Crippen molar-refractivity contribution >= 4 is 27.5 Å². The number of benzene rings is 1. The van der Waals surface area contributed by atoms with Gasteiger partial charge in [0.15, 0.2) is 0 Å². The molecule has 3 heterocycles. The van der Waals surface area contributed by atoms with Crippen LogP contribution in [0, 0.1) is 6.20 Å². The number of rotatable bonds is 5. The van der Waals surface area contributed by atoms with Crippen LogP contribution in [0.25, 0.3) is 20.8 Å². The van der Waals surface area contributed by atoms with E-state index >= 15 is 0 Å². The first-order chi connectivity index (χ1) is 11.9. The van der Waals surface area contributed by atoms with Gasteiger partial charge in [-0.05, 0) is 38.1 Å². The van der Waals surface area contributed by atoms with E-state index in [-0.39, 0.29) is 0 Å². The van der Waals surface area contributed by atoms with E-state index in [1.54, 1.807) is 17.5 Å². The molecule has 5 nitrogen and oxygen atoms in total. The minimum absolute atomic E-state index is 0.636. The normalized spacial score (nSPS) is 15.7. The summed E-state index contributed by atoms with van der Waals surface area (Å²) in [5.41, 5.74) is 1.85. The Labute approximate surface area is 145 Å². The van der Waals surface area contributed by atoms with Gasteiger partial charge in [0, 0.05) is 19.3 Å². The second-order valence-corrected chi connectivity index (χ2v) is 7.07. The number of likely N-dealkylation sites (tertiary alicyclic amines) is 1. The molecule has 3 aromatic rings. The Kier molecular flexibility index (Phi) is 4.66. The van der Waals surface area contributed by atoms with Crippen molar-refractivity contribution in [3.63, 3.8) is 0 Å². The van der Waals surface area contributed by atoms with Gasteiger partial charge in [-0.1, -0.05) is 18.6 Å². The van der Waals surface area contributed by atoms with E-state index in [4.69, 9.17) is 0 Å². The van der Waals surface area contributed by atoms with Crippen molar-refractivity contribution in [3.8, 4) is 10.6 Å². The summed E-state index contributed by atoms with van der Waals surface area (Å²) in [6, 6.07) is 8.13. The standard InChI is InChI=1S/C18H20N5S/c1-4-9-23(10-5-1)11-8-19-18-20-12-14(13-21-18)17-22-15-6-2-3-7-16(15)24-17/h2-3,6-7,12H,1,4-5,8-11H2,(H,19,20,21). The van der Waals surface area contributed by atoms with E-state index < -0.39 is 0 Å². The second-order valence-electron chi connectivity index (χ2n) is 6.03. The van der Waals surface area contributed by atoms with E-state index in [1.165, 1.54) is 37.1 Å². The van der Waals surface area contributed by atoms with Crippen LogP contribution in [0.15, 0.2) is 30.5 Å². The molecule has 4 rings (SSSR count). The van der Waals surface area contributed by atoms with Gasteiger partial charge < -0.3 is 10.2 Å². The summed E-state index contributed by atoms with van der Waals surface area (Å²) in [6.07, 6.45) is 8.87. The van der Waals surface area contributed by atoms with E-state index in [9.17, 15) is 0 Å². The van der Waals surface area contributed by atoms with Crippen molar-refractivity contribution in [2.75, 3.05) is 31.5 Å². The molecular weight excluding hydrogens is 318 g/mol. The Bertz CT molecular complexity index is 760. The SMILES string of the molecule is [c]1nc(NCCN2CCCCC2)ncc1-c1nc2ccccc2s1. The number of piperidine rings is 1. The highest BCUT2D eigenvalue weighted by molar-refractivity contribution is 7.21. The Balaban J connectivity index is 1.37. The van der Waals surface area contributed by atoms with Crippen LogP contribution in [-0.2, 0) is 0 Å². The second kappa shape index (κ2) is 7.23. The van der Waals surface area contributed by atoms with Crippen LogP contribution in [0.3, 0.4) is 0 Å². The highest BCUT2D eigenvalue weighted by Crippen LogP contribution is 2.28. The lowest BCUT2D eigenvalue weighted by Gasteiger charge is -2.26. The fourth-order valence-electron chi connectivity index (χ4n) is 2.98. The molecule has 24 heavy (non-hydrogen) atoms. The van der Waals surface area contributed by atoms with Gasteiger partial charge in [-0.25, -0.2) is 15.0 Å². The first-order valence-electron chi connectivity index (χ1n) is 8.45. The molecule has 1 N–H and O–H groups in total. The molecular formula is C18H20N5S. The van der Waals surface area contributed by atoms with Gasteiger partial charge in [-0.15, -0.1) is 11.3 Å². The number of fused-ring (bicyclic) bond motifs is 1. The molecule has 1 saturated heterocycles. The summed E-state index contributed by atoms with van der Waals surface area (Å²) >= 11 is 1.64. The number of para-hydroxylation sites is 1. The third-order valence-electron chi connectivity index (χ3n) is 4.28. The van der Waals surface area contributed by atoms with Crippen LogP contribution in [0.2, 0.25) is 0 Å². The minimum atomic E-state index is 0.636. The number of aromatic nitrogens is 3. The number of hydrogen-bond acceptors (Lipinski definition) is 6.